The average Bonchev–Trinajstić information content (AvgIpc) is 2.29. The zero-order valence-corrected chi connectivity index (χ0v) is 10.7. The van der Waals surface area contributed by atoms with Gasteiger partial charge in [-0.05, 0) is 41.5 Å². The van der Waals surface area contributed by atoms with E-state index >= 15 is 0 Å². The number of rotatable bonds is 4. The molecule has 0 spiro atoms. The molecule has 88 valence electrons. The van der Waals surface area contributed by atoms with Crippen LogP contribution in [-0.4, -0.2) is 0 Å². The Morgan fingerprint density at radius 1 is 1.12 bits per heavy atom. The summed E-state index contributed by atoms with van der Waals surface area (Å²) in [5.41, 5.74) is 4.03. The lowest BCUT2D eigenvalue weighted by molar-refractivity contribution is 0.645. The number of benzene rings is 1. The van der Waals surface area contributed by atoms with Gasteiger partial charge in [-0.25, -0.2) is 0 Å². The molecule has 1 rings (SSSR count). The minimum Gasteiger partial charge on any atom is -0.198 e. The largest absolute Gasteiger partial charge is 0.198 e. The van der Waals surface area contributed by atoms with Gasteiger partial charge in [0.25, 0.3) is 0 Å². The van der Waals surface area contributed by atoms with E-state index < -0.39 is 0 Å². The first kappa shape index (κ1) is 13.3. The molecule has 0 saturated carbocycles. The van der Waals surface area contributed by atoms with E-state index in [1.807, 2.05) is 12.1 Å². The van der Waals surface area contributed by atoms with E-state index in [2.05, 4.69) is 32.9 Å². The first-order valence-electron chi connectivity index (χ1n) is 6.04. The van der Waals surface area contributed by atoms with Crippen LogP contribution in [0, 0.1) is 28.6 Å². The lowest BCUT2D eigenvalue weighted by Gasteiger charge is -2.12. The van der Waals surface area contributed by atoms with E-state index in [1.165, 1.54) is 0 Å². The lowest BCUT2D eigenvalue weighted by atomic mass is 9.91. The smallest absolute Gasteiger partial charge is 0.0994 e. The van der Waals surface area contributed by atoms with Crippen LogP contribution in [-0.2, 0) is 19.3 Å². The number of nitriles is 2. The van der Waals surface area contributed by atoms with Crippen molar-refractivity contribution >= 4 is 0 Å². The van der Waals surface area contributed by atoms with Crippen molar-refractivity contribution in [2.24, 2.45) is 5.92 Å². The van der Waals surface area contributed by atoms with Gasteiger partial charge >= 0.3 is 0 Å². The molecule has 0 aliphatic carbocycles. The third kappa shape index (κ3) is 3.33. The summed E-state index contributed by atoms with van der Waals surface area (Å²) in [6.07, 6.45) is 2.19. The summed E-state index contributed by atoms with van der Waals surface area (Å²) in [4.78, 5) is 0. The number of hydrogen-bond donors (Lipinski definition) is 0. The van der Waals surface area contributed by atoms with Crippen LogP contribution in [0.1, 0.15) is 43.0 Å². The lowest BCUT2D eigenvalue weighted by Crippen LogP contribution is -2.02. The van der Waals surface area contributed by atoms with E-state index in [4.69, 9.17) is 10.5 Å². The zero-order valence-electron chi connectivity index (χ0n) is 10.7. The molecule has 0 unspecified atom stereocenters. The van der Waals surface area contributed by atoms with Gasteiger partial charge in [-0.2, -0.15) is 10.5 Å². The monoisotopic (exact) mass is 226 g/mol. The summed E-state index contributed by atoms with van der Waals surface area (Å²) in [5, 5.41) is 18.0. The Morgan fingerprint density at radius 2 is 1.82 bits per heavy atom. The Balaban J connectivity index is 3.25. The fourth-order valence-corrected chi connectivity index (χ4v) is 2.03. The highest BCUT2D eigenvalue weighted by atomic mass is 14.3. The van der Waals surface area contributed by atoms with Crippen molar-refractivity contribution in [3.8, 4) is 12.1 Å². The molecule has 0 aliphatic rings. The van der Waals surface area contributed by atoms with Crippen molar-refractivity contribution < 1.29 is 0 Å². The molecular formula is C15H18N2. The second kappa shape index (κ2) is 6.06. The molecule has 0 bridgehead atoms. The van der Waals surface area contributed by atoms with Crippen LogP contribution in [0.3, 0.4) is 0 Å². The fraction of sp³-hybridized carbons (Fsp3) is 0.467. The van der Waals surface area contributed by atoms with E-state index in [1.54, 1.807) is 0 Å². The SMILES string of the molecule is CCc1cc(C#N)c(CC(C)C)cc1CC#N. The van der Waals surface area contributed by atoms with Gasteiger partial charge in [0.2, 0.25) is 0 Å². The molecule has 0 saturated heterocycles. The highest BCUT2D eigenvalue weighted by Crippen LogP contribution is 2.20. The normalized spacial score (nSPS) is 10.0. The standard InChI is InChI=1S/C15H18N2/c1-4-12-8-15(10-17)14(7-11(2)3)9-13(12)5-6-16/h8-9,11H,4-5,7H2,1-3H3. The van der Waals surface area contributed by atoms with E-state index in [-0.39, 0.29) is 0 Å². The Labute approximate surface area is 104 Å². The summed E-state index contributed by atoms with van der Waals surface area (Å²) in [6.45, 7) is 6.33. The predicted octanol–water partition coefficient (Wildman–Crippen LogP) is 3.39. The summed E-state index contributed by atoms with van der Waals surface area (Å²) >= 11 is 0. The van der Waals surface area contributed by atoms with E-state index in [9.17, 15) is 0 Å². The maximum absolute atomic E-state index is 9.16. The first-order valence-corrected chi connectivity index (χ1v) is 6.04. The highest BCUT2D eigenvalue weighted by molar-refractivity contribution is 5.46. The molecule has 1 aromatic rings. The summed E-state index contributed by atoms with van der Waals surface area (Å²) in [5.74, 6) is 0.518. The van der Waals surface area contributed by atoms with Gasteiger partial charge < -0.3 is 0 Å². The zero-order chi connectivity index (χ0) is 12.8. The minimum absolute atomic E-state index is 0.431. The second-order valence-electron chi connectivity index (χ2n) is 4.68. The number of aryl methyl sites for hydroxylation is 1. The van der Waals surface area contributed by atoms with Gasteiger partial charge in [0.15, 0.2) is 0 Å². The van der Waals surface area contributed by atoms with Crippen LogP contribution < -0.4 is 0 Å². The Hall–Kier alpha value is -1.80. The molecule has 1 aromatic carbocycles. The van der Waals surface area contributed by atoms with Crippen molar-refractivity contribution in [2.45, 2.75) is 40.0 Å². The minimum atomic E-state index is 0.431. The number of nitrogens with zero attached hydrogens (tertiary/aromatic N) is 2. The molecule has 0 aromatic heterocycles. The van der Waals surface area contributed by atoms with Crippen LogP contribution in [0.5, 0.6) is 0 Å². The van der Waals surface area contributed by atoms with Gasteiger partial charge in [0.1, 0.15) is 0 Å². The Morgan fingerprint density at radius 3 is 2.29 bits per heavy atom. The molecule has 0 atom stereocenters. The van der Waals surface area contributed by atoms with Gasteiger partial charge in [-0.1, -0.05) is 26.8 Å². The molecule has 0 aliphatic heterocycles. The summed E-state index contributed by atoms with van der Waals surface area (Å²) < 4.78 is 0. The molecule has 17 heavy (non-hydrogen) atoms. The molecule has 0 radical (unpaired) electrons. The third-order valence-corrected chi connectivity index (χ3v) is 2.82. The van der Waals surface area contributed by atoms with Gasteiger partial charge in [0, 0.05) is 0 Å². The molecule has 2 heteroatoms. The third-order valence-electron chi connectivity index (χ3n) is 2.82. The molecule has 0 fully saturated rings. The average molecular weight is 226 g/mol. The Bertz CT molecular complexity index is 473. The molecule has 0 heterocycles. The highest BCUT2D eigenvalue weighted by Gasteiger charge is 2.10. The van der Waals surface area contributed by atoms with Crippen LogP contribution in [0.15, 0.2) is 12.1 Å². The van der Waals surface area contributed by atoms with E-state index in [0.717, 1.165) is 35.1 Å². The van der Waals surface area contributed by atoms with E-state index in [0.29, 0.717) is 12.3 Å². The Kier molecular flexibility index (Phi) is 4.73. The summed E-state index contributed by atoms with van der Waals surface area (Å²) in [7, 11) is 0. The molecular weight excluding hydrogens is 208 g/mol. The van der Waals surface area contributed by atoms with Crippen LogP contribution in [0.25, 0.3) is 0 Å². The van der Waals surface area contributed by atoms with Crippen molar-refractivity contribution in [2.75, 3.05) is 0 Å². The topological polar surface area (TPSA) is 47.6 Å². The van der Waals surface area contributed by atoms with Crippen LogP contribution in [0.4, 0.5) is 0 Å². The van der Waals surface area contributed by atoms with Crippen LogP contribution >= 0.6 is 0 Å². The van der Waals surface area contributed by atoms with Gasteiger partial charge in [-0.3, -0.25) is 0 Å². The maximum Gasteiger partial charge on any atom is 0.0994 e. The van der Waals surface area contributed by atoms with Crippen molar-refractivity contribution in [3.63, 3.8) is 0 Å². The maximum atomic E-state index is 9.16. The second-order valence-corrected chi connectivity index (χ2v) is 4.68. The van der Waals surface area contributed by atoms with Crippen molar-refractivity contribution in [1.82, 2.24) is 0 Å². The quantitative estimate of drug-likeness (QED) is 0.790. The van der Waals surface area contributed by atoms with Crippen molar-refractivity contribution in [1.29, 1.82) is 10.5 Å². The van der Waals surface area contributed by atoms with Gasteiger partial charge in [-0.15, -0.1) is 0 Å². The summed E-state index contributed by atoms with van der Waals surface area (Å²) in [6, 6.07) is 8.45. The first-order chi connectivity index (χ1) is 8.12. The van der Waals surface area contributed by atoms with Crippen LogP contribution in [0.2, 0.25) is 0 Å². The molecule has 2 nitrogen and oxygen atoms in total. The predicted molar refractivity (Wildman–Crippen MR) is 68.4 cm³/mol. The molecule has 0 N–H and O–H groups in total. The van der Waals surface area contributed by atoms with Crippen molar-refractivity contribution in [3.05, 3.63) is 34.4 Å². The fourth-order valence-electron chi connectivity index (χ4n) is 2.03. The van der Waals surface area contributed by atoms with Gasteiger partial charge in [0.05, 0.1) is 24.1 Å². The molecule has 0 amide bonds. The number of hydrogen-bond acceptors (Lipinski definition) is 2.